The number of nitrogens with one attached hydrogen (secondary N) is 1. The number of ether oxygens (including phenoxy) is 1. The minimum atomic E-state index is 0.168. The van der Waals surface area contributed by atoms with Crippen LogP contribution < -0.4 is 10.1 Å². The van der Waals surface area contributed by atoms with Gasteiger partial charge in [-0.2, -0.15) is 0 Å². The Morgan fingerprint density at radius 1 is 1.31 bits per heavy atom. The van der Waals surface area contributed by atoms with Crippen molar-refractivity contribution in [2.45, 2.75) is 44.7 Å². The maximum Gasteiger partial charge on any atom is 0.236 e. The van der Waals surface area contributed by atoms with E-state index in [4.69, 9.17) is 4.74 Å². The smallest absolute Gasteiger partial charge is 0.236 e. The molecule has 2 aliphatic rings. The number of nitrogens with zero attached hydrogens (tertiary/aromatic N) is 2. The number of carbonyl (C=O) groups excluding carboxylic acids is 1. The molecule has 0 aromatic heterocycles. The molecule has 5 heteroatoms. The highest BCUT2D eigenvalue weighted by molar-refractivity contribution is 5.78. The van der Waals surface area contributed by atoms with Crippen LogP contribution in [-0.4, -0.2) is 62.1 Å². The molecule has 1 amide bonds. The predicted molar refractivity (Wildman–Crippen MR) is 104 cm³/mol. The number of benzene rings is 1. The van der Waals surface area contributed by atoms with Gasteiger partial charge in [0.2, 0.25) is 5.91 Å². The van der Waals surface area contributed by atoms with Crippen molar-refractivity contribution >= 4 is 5.91 Å². The normalized spacial score (nSPS) is 27.1. The molecule has 3 atom stereocenters. The third kappa shape index (κ3) is 4.21. The summed E-state index contributed by atoms with van der Waals surface area (Å²) in [7, 11) is 3.71. The summed E-state index contributed by atoms with van der Waals surface area (Å²) in [6, 6.07) is 8.71. The number of carbonyl (C=O) groups is 1. The van der Waals surface area contributed by atoms with E-state index < -0.39 is 0 Å². The first kappa shape index (κ1) is 19.2. The van der Waals surface area contributed by atoms with Gasteiger partial charge in [0.05, 0.1) is 19.7 Å². The van der Waals surface area contributed by atoms with E-state index in [9.17, 15) is 4.79 Å². The molecular formula is C21H33N3O2. The van der Waals surface area contributed by atoms with Crippen LogP contribution in [0.4, 0.5) is 0 Å². The Kier molecular flexibility index (Phi) is 6.54. The van der Waals surface area contributed by atoms with Crippen molar-refractivity contribution in [2.24, 2.45) is 5.92 Å². The highest BCUT2D eigenvalue weighted by Gasteiger charge is 2.32. The molecule has 1 aromatic rings. The molecule has 5 nitrogen and oxygen atoms in total. The van der Waals surface area contributed by atoms with Crippen LogP contribution in [0.5, 0.6) is 5.75 Å². The minimum Gasteiger partial charge on any atom is -0.496 e. The molecule has 0 spiro atoms. The molecular weight excluding hydrogens is 326 g/mol. The van der Waals surface area contributed by atoms with E-state index in [2.05, 4.69) is 23.2 Å². The number of hydrogen-bond acceptors (Lipinski definition) is 4. The number of hydrogen-bond donors (Lipinski definition) is 1. The molecule has 1 aliphatic heterocycles. The standard InChI is InChI=1S/C21H33N3O2/c1-16-8-4-6-10-18(16)23(2)21(25)15-24-13-12-22-14-19(24)17-9-5-7-11-20(17)26-3/h5,7,9,11,16,18-19,22H,4,6,8,10,12-15H2,1-3H3. The molecule has 1 saturated carbocycles. The second-order valence-electron chi connectivity index (χ2n) is 7.77. The summed E-state index contributed by atoms with van der Waals surface area (Å²) in [6.45, 7) is 5.41. The van der Waals surface area contributed by atoms with Crippen LogP contribution in [0.2, 0.25) is 0 Å². The fraction of sp³-hybridized carbons (Fsp3) is 0.667. The average molecular weight is 360 g/mol. The average Bonchev–Trinajstić information content (AvgIpc) is 2.68. The van der Waals surface area contributed by atoms with Gasteiger partial charge in [-0.3, -0.25) is 9.69 Å². The van der Waals surface area contributed by atoms with Gasteiger partial charge in [0.15, 0.2) is 0 Å². The van der Waals surface area contributed by atoms with E-state index in [1.54, 1.807) is 7.11 Å². The van der Waals surface area contributed by atoms with Gasteiger partial charge in [-0.1, -0.05) is 38.0 Å². The van der Waals surface area contributed by atoms with Gasteiger partial charge in [-0.05, 0) is 24.8 Å². The first-order valence-electron chi connectivity index (χ1n) is 9.95. The van der Waals surface area contributed by atoms with Gasteiger partial charge in [0.25, 0.3) is 0 Å². The predicted octanol–water partition coefficient (Wildman–Crippen LogP) is 2.68. The Morgan fingerprint density at radius 3 is 2.85 bits per heavy atom. The molecule has 3 rings (SSSR count). The quantitative estimate of drug-likeness (QED) is 0.878. The zero-order chi connectivity index (χ0) is 18.5. The van der Waals surface area contributed by atoms with Crippen molar-refractivity contribution in [1.29, 1.82) is 0 Å². The van der Waals surface area contributed by atoms with E-state index in [0.717, 1.165) is 37.4 Å². The first-order chi connectivity index (χ1) is 12.6. The summed E-state index contributed by atoms with van der Waals surface area (Å²) in [5.74, 6) is 1.74. The molecule has 26 heavy (non-hydrogen) atoms. The summed E-state index contributed by atoms with van der Waals surface area (Å²) in [6.07, 6.45) is 4.91. The molecule has 1 saturated heterocycles. The molecule has 1 aliphatic carbocycles. The number of piperazine rings is 1. The molecule has 144 valence electrons. The summed E-state index contributed by atoms with van der Waals surface area (Å²) < 4.78 is 5.56. The van der Waals surface area contributed by atoms with Crippen molar-refractivity contribution in [3.63, 3.8) is 0 Å². The maximum atomic E-state index is 13.0. The van der Waals surface area contributed by atoms with Crippen LogP contribution in [0.25, 0.3) is 0 Å². The number of rotatable bonds is 5. The third-order valence-electron chi connectivity index (χ3n) is 6.15. The molecule has 3 unspecified atom stereocenters. The van der Waals surface area contributed by atoms with Crippen molar-refractivity contribution < 1.29 is 9.53 Å². The van der Waals surface area contributed by atoms with Gasteiger partial charge < -0.3 is 15.0 Å². The van der Waals surface area contributed by atoms with E-state index in [0.29, 0.717) is 18.5 Å². The van der Waals surface area contributed by atoms with Crippen molar-refractivity contribution in [1.82, 2.24) is 15.1 Å². The Labute approximate surface area is 157 Å². The van der Waals surface area contributed by atoms with E-state index in [-0.39, 0.29) is 11.9 Å². The topological polar surface area (TPSA) is 44.8 Å². The Morgan fingerprint density at radius 2 is 2.08 bits per heavy atom. The molecule has 1 aromatic carbocycles. The Bertz CT molecular complexity index is 607. The number of methoxy groups -OCH3 is 1. The zero-order valence-corrected chi connectivity index (χ0v) is 16.4. The second-order valence-corrected chi connectivity index (χ2v) is 7.77. The van der Waals surface area contributed by atoms with Crippen LogP contribution in [0.3, 0.4) is 0 Å². The lowest BCUT2D eigenvalue weighted by atomic mass is 9.85. The summed E-state index contributed by atoms with van der Waals surface area (Å²) >= 11 is 0. The fourth-order valence-electron chi connectivity index (χ4n) is 4.53. The van der Waals surface area contributed by atoms with Crippen molar-refractivity contribution in [3.8, 4) is 5.75 Å². The first-order valence-corrected chi connectivity index (χ1v) is 9.95. The van der Waals surface area contributed by atoms with Crippen molar-refractivity contribution in [3.05, 3.63) is 29.8 Å². The van der Waals surface area contributed by atoms with Crippen LogP contribution in [0, 0.1) is 5.92 Å². The van der Waals surface area contributed by atoms with E-state index >= 15 is 0 Å². The number of amides is 1. The van der Waals surface area contributed by atoms with Gasteiger partial charge in [-0.15, -0.1) is 0 Å². The third-order valence-corrected chi connectivity index (χ3v) is 6.15. The molecule has 1 heterocycles. The number of likely N-dealkylation sites (N-methyl/N-ethyl adjacent to an activating group) is 1. The minimum absolute atomic E-state index is 0.168. The second kappa shape index (κ2) is 8.87. The lowest BCUT2D eigenvalue weighted by Crippen LogP contribution is -2.52. The van der Waals surface area contributed by atoms with Crippen LogP contribution in [0.1, 0.15) is 44.2 Å². The van der Waals surface area contributed by atoms with E-state index in [1.165, 1.54) is 19.3 Å². The molecule has 0 bridgehead atoms. The van der Waals surface area contributed by atoms with Gasteiger partial charge in [0.1, 0.15) is 5.75 Å². The van der Waals surface area contributed by atoms with Crippen LogP contribution >= 0.6 is 0 Å². The Hall–Kier alpha value is -1.59. The van der Waals surface area contributed by atoms with Gasteiger partial charge in [-0.25, -0.2) is 0 Å². The molecule has 0 radical (unpaired) electrons. The largest absolute Gasteiger partial charge is 0.496 e. The van der Waals surface area contributed by atoms with Crippen molar-refractivity contribution in [2.75, 3.05) is 40.3 Å². The van der Waals surface area contributed by atoms with Gasteiger partial charge in [0, 0.05) is 38.3 Å². The highest BCUT2D eigenvalue weighted by Crippen LogP contribution is 2.31. The van der Waals surface area contributed by atoms with E-state index in [1.807, 2.05) is 30.1 Å². The monoisotopic (exact) mass is 359 g/mol. The highest BCUT2D eigenvalue weighted by atomic mass is 16.5. The SMILES string of the molecule is COc1ccccc1C1CNCCN1CC(=O)N(C)C1CCCCC1C. The summed E-state index contributed by atoms with van der Waals surface area (Å²) in [5, 5.41) is 3.47. The molecule has 2 fully saturated rings. The zero-order valence-electron chi connectivity index (χ0n) is 16.4. The van der Waals surface area contributed by atoms with Crippen LogP contribution in [-0.2, 0) is 4.79 Å². The fourth-order valence-corrected chi connectivity index (χ4v) is 4.53. The summed E-state index contributed by atoms with van der Waals surface area (Å²) in [4.78, 5) is 17.3. The Balaban J connectivity index is 1.71. The number of para-hydroxylation sites is 1. The van der Waals surface area contributed by atoms with Gasteiger partial charge >= 0.3 is 0 Å². The lowest BCUT2D eigenvalue weighted by Gasteiger charge is -2.40. The summed E-state index contributed by atoms with van der Waals surface area (Å²) in [5.41, 5.74) is 1.16. The molecule has 1 N–H and O–H groups in total. The lowest BCUT2D eigenvalue weighted by molar-refractivity contribution is -0.135. The maximum absolute atomic E-state index is 13.0. The van der Waals surface area contributed by atoms with Crippen LogP contribution in [0.15, 0.2) is 24.3 Å².